The Hall–Kier alpha value is -1.18. The van der Waals surface area contributed by atoms with Crippen LogP contribution in [0.3, 0.4) is 0 Å². The fourth-order valence-corrected chi connectivity index (χ4v) is 4.24. The Bertz CT molecular complexity index is 731. The Morgan fingerprint density at radius 2 is 1.93 bits per heavy atom. The van der Waals surface area contributed by atoms with Crippen molar-refractivity contribution in [1.29, 1.82) is 0 Å². The van der Waals surface area contributed by atoms with Gasteiger partial charge < -0.3 is 14.9 Å². The first-order valence-corrected chi connectivity index (χ1v) is 9.86. The number of nitrogens with zero attached hydrogens (tertiary/aromatic N) is 1. The number of hydrogen-bond acceptors (Lipinski definition) is 4. The summed E-state index contributed by atoms with van der Waals surface area (Å²) in [6.07, 6.45) is -0.626. The molecule has 1 amide bonds. The Balaban J connectivity index is 2.71. The van der Waals surface area contributed by atoms with Crippen LogP contribution in [0.15, 0.2) is 16.6 Å². The molecule has 0 spiro atoms. The molecule has 7 heteroatoms. The summed E-state index contributed by atoms with van der Waals surface area (Å²) in [5.74, 6) is -0.501. The minimum absolute atomic E-state index is 0.0176. The fraction of sp³-hybridized carbons (Fsp3) is 0.650. The SMILES string of the molecule is CC(C)(C)OC(=O)N1c2cc(F)c(Br)cc2C(C)(CCCO)C(O)C1(C)C. The van der Waals surface area contributed by atoms with Crippen LogP contribution in [0.1, 0.15) is 59.9 Å². The fourth-order valence-electron chi connectivity index (χ4n) is 3.90. The lowest BCUT2D eigenvalue weighted by Crippen LogP contribution is -2.65. The van der Waals surface area contributed by atoms with Gasteiger partial charge in [-0.15, -0.1) is 0 Å². The van der Waals surface area contributed by atoms with Crippen molar-refractivity contribution in [2.45, 2.75) is 77.0 Å². The van der Waals surface area contributed by atoms with Crippen LogP contribution >= 0.6 is 15.9 Å². The number of halogens is 2. The van der Waals surface area contributed by atoms with Crippen molar-refractivity contribution in [3.8, 4) is 0 Å². The molecule has 0 saturated heterocycles. The lowest BCUT2D eigenvalue weighted by molar-refractivity contribution is 0.00304. The molecule has 27 heavy (non-hydrogen) atoms. The number of amides is 1. The summed E-state index contributed by atoms with van der Waals surface area (Å²) in [5, 5.41) is 20.6. The van der Waals surface area contributed by atoms with E-state index in [-0.39, 0.29) is 11.1 Å². The number of aliphatic hydroxyl groups is 2. The van der Waals surface area contributed by atoms with E-state index in [4.69, 9.17) is 4.74 Å². The minimum Gasteiger partial charge on any atom is -0.443 e. The van der Waals surface area contributed by atoms with Gasteiger partial charge in [-0.25, -0.2) is 9.18 Å². The zero-order valence-corrected chi connectivity index (χ0v) is 18.4. The van der Waals surface area contributed by atoms with Crippen LogP contribution in [0.4, 0.5) is 14.9 Å². The Kier molecular flexibility index (Phi) is 6.01. The maximum Gasteiger partial charge on any atom is 0.415 e. The molecular weight excluding hydrogens is 417 g/mol. The van der Waals surface area contributed by atoms with E-state index in [1.807, 2.05) is 6.92 Å². The van der Waals surface area contributed by atoms with Crippen LogP contribution in [0.5, 0.6) is 0 Å². The number of carbonyl (C=O) groups is 1. The van der Waals surface area contributed by atoms with Gasteiger partial charge in [-0.3, -0.25) is 4.90 Å². The quantitative estimate of drug-likeness (QED) is 0.717. The van der Waals surface area contributed by atoms with Gasteiger partial charge in [-0.2, -0.15) is 0 Å². The van der Waals surface area contributed by atoms with Gasteiger partial charge in [0.05, 0.1) is 21.8 Å². The predicted molar refractivity (Wildman–Crippen MR) is 107 cm³/mol. The molecule has 2 atom stereocenters. The number of ether oxygens (including phenoxy) is 1. The van der Waals surface area contributed by atoms with E-state index in [2.05, 4.69) is 15.9 Å². The second kappa shape index (κ2) is 7.33. The van der Waals surface area contributed by atoms with E-state index in [1.54, 1.807) is 40.7 Å². The van der Waals surface area contributed by atoms with Gasteiger partial charge in [0.1, 0.15) is 11.4 Å². The smallest absolute Gasteiger partial charge is 0.415 e. The summed E-state index contributed by atoms with van der Waals surface area (Å²) < 4.78 is 20.2. The van der Waals surface area contributed by atoms with Crippen molar-refractivity contribution >= 4 is 27.7 Å². The van der Waals surface area contributed by atoms with Crippen LogP contribution in [0.2, 0.25) is 0 Å². The maximum absolute atomic E-state index is 14.4. The number of carbonyl (C=O) groups excluding carboxylic acids is 1. The molecule has 1 aliphatic rings. The van der Waals surface area contributed by atoms with Crippen LogP contribution in [0, 0.1) is 5.82 Å². The van der Waals surface area contributed by atoms with E-state index < -0.39 is 34.6 Å². The molecule has 1 aliphatic heterocycles. The maximum atomic E-state index is 14.4. The van der Waals surface area contributed by atoms with E-state index in [9.17, 15) is 19.4 Å². The molecule has 0 aromatic heterocycles. The van der Waals surface area contributed by atoms with Gasteiger partial charge in [0.2, 0.25) is 0 Å². The van der Waals surface area contributed by atoms with E-state index in [0.717, 1.165) is 0 Å². The second-order valence-electron chi connectivity index (χ2n) is 8.90. The highest BCUT2D eigenvalue weighted by Gasteiger charge is 2.55. The minimum atomic E-state index is -1.04. The monoisotopic (exact) mass is 445 g/mol. The number of anilines is 1. The molecule has 1 aromatic carbocycles. The molecular formula is C20H29BrFNO4. The zero-order chi connectivity index (χ0) is 20.8. The predicted octanol–water partition coefficient (Wildman–Crippen LogP) is 4.51. The van der Waals surface area contributed by atoms with Gasteiger partial charge in [-0.1, -0.05) is 6.92 Å². The topological polar surface area (TPSA) is 70.0 Å². The van der Waals surface area contributed by atoms with Crippen molar-refractivity contribution in [2.75, 3.05) is 11.5 Å². The standard InChI is InChI=1S/C20H29BrFNO4/c1-18(2,3)27-17(26)23-15-11-14(22)13(21)10-12(15)20(6,8-7-9-24)16(25)19(23,4)5/h10-11,16,24-25H,7-9H2,1-6H3. The normalized spacial score (nSPS) is 24.5. The Morgan fingerprint density at radius 1 is 1.33 bits per heavy atom. The zero-order valence-electron chi connectivity index (χ0n) is 16.8. The molecule has 152 valence electrons. The van der Waals surface area contributed by atoms with Crippen molar-refractivity contribution in [3.63, 3.8) is 0 Å². The third-order valence-corrected chi connectivity index (χ3v) is 5.78. The van der Waals surface area contributed by atoms with Gasteiger partial charge in [0.15, 0.2) is 0 Å². The third kappa shape index (κ3) is 4.00. The summed E-state index contributed by atoms with van der Waals surface area (Å²) in [6.45, 7) is 10.6. The van der Waals surface area contributed by atoms with Crippen molar-refractivity contribution < 1.29 is 24.1 Å². The lowest BCUT2D eigenvalue weighted by Gasteiger charge is -2.54. The molecule has 2 rings (SSSR count). The molecule has 0 bridgehead atoms. The van der Waals surface area contributed by atoms with E-state index >= 15 is 0 Å². The van der Waals surface area contributed by atoms with Crippen molar-refractivity contribution in [2.24, 2.45) is 0 Å². The summed E-state index contributed by atoms with van der Waals surface area (Å²) >= 11 is 3.21. The highest BCUT2D eigenvalue weighted by atomic mass is 79.9. The Labute approximate surface area is 168 Å². The first kappa shape index (κ1) is 22.1. The number of hydrogen-bond donors (Lipinski definition) is 2. The van der Waals surface area contributed by atoms with E-state index in [1.165, 1.54) is 11.0 Å². The van der Waals surface area contributed by atoms with Gasteiger partial charge in [-0.05, 0) is 81.1 Å². The highest BCUT2D eigenvalue weighted by Crippen LogP contribution is 2.51. The Morgan fingerprint density at radius 3 is 2.44 bits per heavy atom. The first-order chi connectivity index (χ1) is 12.3. The van der Waals surface area contributed by atoms with Crippen LogP contribution in [-0.2, 0) is 10.2 Å². The number of aliphatic hydroxyl groups excluding tert-OH is 2. The van der Waals surface area contributed by atoms with Crippen molar-refractivity contribution in [1.82, 2.24) is 0 Å². The largest absolute Gasteiger partial charge is 0.443 e. The molecule has 0 radical (unpaired) electrons. The molecule has 0 saturated carbocycles. The van der Waals surface area contributed by atoms with Crippen LogP contribution in [-0.4, -0.2) is 40.2 Å². The molecule has 0 aliphatic carbocycles. The number of fused-ring (bicyclic) bond motifs is 1. The van der Waals surface area contributed by atoms with Gasteiger partial charge in [0, 0.05) is 12.0 Å². The average molecular weight is 446 g/mol. The summed E-state index contributed by atoms with van der Waals surface area (Å²) in [6, 6.07) is 2.91. The first-order valence-electron chi connectivity index (χ1n) is 9.07. The second-order valence-corrected chi connectivity index (χ2v) is 9.75. The molecule has 1 heterocycles. The van der Waals surface area contributed by atoms with E-state index in [0.29, 0.717) is 24.1 Å². The highest BCUT2D eigenvalue weighted by molar-refractivity contribution is 9.10. The molecule has 2 N–H and O–H groups in total. The van der Waals surface area contributed by atoms with Crippen LogP contribution < -0.4 is 4.90 Å². The molecule has 1 aromatic rings. The van der Waals surface area contributed by atoms with Gasteiger partial charge >= 0.3 is 6.09 Å². The summed E-state index contributed by atoms with van der Waals surface area (Å²) in [4.78, 5) is 14.3. The van der Waals surface area contributed by atoms with Crippen molar-refractivity contribution in [3.05, 3.63) is 28.0 Å². The molecule has 0 fully saturated rings. The average Bonchev–Trinajstić information content (AvgIpc) is 2.52. The number of rotatable bonds is 3. The van der Waals surface area contributed by atoms with Crippen LogP contribution in [0.25, 0.3) is 0 Å². The summed E-state index contributed by atoms with van der Waals surface area (Å²) in [5.41, 5.74) is -1.53. The molecule has 5 nitrogen and oxygen atoms in total. The summed E-state index contributed by atoms with van der Waals surface area (Å²) in [7, 11) is 0. The number of benzene rings is 1. The molecule has 2 unspecified atom stereocenters. The third-order valence-electron chi connectivity index (χ3n) is 5.17. The lowest BCUT2D eigenvalue weighted by atomic mass is 9.64. The van der Waals surface area contributed by atoms with Gasteiger partial charge in [0.25, 0.3) is 0 Å².